The molecule has 0 aromatic carbocycles. The zero-order valence-corrected chi connectivity index (χ0v) is 23.9. The summed E-state index contributed by atoms with van der Waals surface area (Å²) in [5.41, 5.74) is 0.337. The number of fused-ring (bicyclic) bond motifs is 1. The molecular weight excluding hydrogens is 493 g/mol. The number of ether oxygens (including phenoxy) is 2. The van der Waals surface area contributed by atoms with Gasteiger partial charge in [-0.05, 0) is 40.5 Å². The lowest BCUT2D eigenvalue weighted by molar-refractivity contribution is -0.0474. The van der Waals surface area contributed by atoms with Gasteiger partial charge >= 0.3 is 0 Å². The second-order valence-corrected chi connectivity index (χ2v) is 11.6. The molecule has 1 N–H and O–H groups in total. The van der Waals surface area contributed by atoms with Crippen LogP contribution in [0.4, 0.5) is 5.82 Å². The highest BCUT2D eigenvalue weighted by atomic mass is 31.2. The number of carbonyl (C=O) groups excluding carboxylic acids is 1. The Morgan fingerprint density at radius 2 is 2.08 bits per heavy atom. The fraction of sp³-hybridized carbons (Fsp3) is 0.731. The smallest absolute Gasteiger partial charge is 0.259 e. The minimum atomic E-state index is -1.52. The van der Waals surface area contributed by atoms with Crippen molar-refractivity contribution in [2.45, 2.75) is 97.9 Å². The number of nitrogens with one attached hydrogen (secondary N) is 1. The van der Waals surface area contributed by atoms with Gasteiger partial charge in [-0.2, -0.15) is 0 Å². The fourth-order valence-corrected chi connectivity index (χ4v) is 6.18. The highest BCUT2D eigenvalue weighted by Crippen LogP contribution is 2.50. The van der Waals surface area contributed by atoms with Gasteiger partial charge in [0, 0.05) is 33.5 Å². The van der Waals surface area contributed by atoms with Crippen LogP contribution >= 0.6 is 8.53 Å². The van der Waals surface area contributed by atoms with Crippen LogP contribution in [0.5, 0.6) is 0 Å². The first-order valence-corrected chi connectivity index (χ1v) is 13.9. The third-order valence-corrected chi connectivity index (χ3v) is 8.16. The number of imidazole rings is 1. The van der Waals surface area contributed by atoms with Crippen LogP contribution in [-0.4, -0.2) is 76.5 Å². The van der Waals surface area contributed by atoms with Crippen LogP contribution in [0.15, 0.2) is 11.3 Å². The predicted octanol–water partition coefficient (Wildman–Crippen LogP) is 4.64. The lowest BCUT2D eigenvalue weighted by Gasteiger charge is -2.38. The third-order valence-electron chi connectivity index (χ3n) is 6.03. The summed E-state index contributed by atoms with van der Waals surface area (Å²) in [6.07, 6.45) is 5.24. The Labute approximate surface area is 223 Å². The molecule has 0 spiro atoms. The number of hydrogen-bond acceptors (Lipinski definition) is 8. The number of hydrogen-bond donors (Lipinski definition) is 1. The van der Waals surface area contributed by atoms with E-state index in [1.54, 1.807) is 18.0 Å². The Bertz CT molecular complexity index is 1000. The summed E-state index contributed by atoms with van der Waals surface area (Å²) in [5.74, 6) is 3.98. The summed E-state index contributed by atoms with van der Waals surface area (Å²) in [4.78, 5) is 21.8. The molecule has 10 nitrogen and oxygen atoms in total. The van der Waals surface area contributed by atoms with Crippen molar-refractivity contribution < 1.29 is 24.7 Å². The van der Waals surface area contributed by atoms with E-state index in [0.29, 0.717) is 42.8 Å². The molecule has 0 saturated carbocycles. The van der Waals surface area contributed by atoms with Crippen LogP contribution in [0.1, 0.15) is 79.4 Å². The van der Waals surface area contributed by atoms with E-state index in [0.717, 1.165) is 0 Å². The van der Waals surface area contributed by atoms with Gasteiger partial charge in [-0.15, -0.1) is 12.3 Å². The molecular formula is C26H42N5O5P. The van der Waals surface area contributed by atoms with Crippen molar-refractivity contribution in [3.63, 3.8) is 0 Å². The molecule has 37 heavy (non-hydrogen) atoms. The molecule has 5 atom stereocenters. The molecule has 3 heterocycles. The minimum Gasteiger partial charge on any atom is -0.374 e. The number of methoxy groups -OCH3 is 1. The second kappa shape index (κ2) is 13.3. The Kier molecular flexibility index (Phi) is 10.1. The van der Waals surface area contributed by atoms with E-state index in [1.807, 2.05) is 0 Å². The number of anilines is 1. The third kappa shape index (κ3) is 6.97. The largest absolute Gasteiger partial charge is 0.374 e. The van der Waals surface area contributed by atoms with E-state index in [4.69, 9.17) is 26.3 Å². The maximum Gasteiger partial charge on any atom is 0.259 e. The number of aliphatic imine (C=N–C) groups is 1. The number of rotatable bonds is 12. The highest BCUT2D eigenvalue weighted by molar-refractivity contribution is 7.44. The van der Waals surface area contributed by atoms with Gasteiger partial charge < -0.3 is 23.8 Å². The maximum atomic E-state index is 12.8. The molecule has 0 aliphatic carbocycles. The molecule has 2 aliphatic heterocycles. The van der Waals surface area contributed by atoms with Crippen molar-refractivity contribution >= 4 is 26.0 Å². The zero-order valence-electron chi connectivity index (χ0n) is 24.0. The summed E-state index contributed by atoms with van der Waals surface area (Å²) in [6.45, 7) is 13.4. The molecule has 206 valence electrons. The molecule has 3 rings (SSSR count). The van der Waals surface area contributed by atoms with Gasteiger partial charge in [0.1, 0.15) is 29.6 Å². The standard InChI is InChI=1S/C26H42N5O5P/c1-10-11-12-34-37(31(17(4)5)18(6)7)36-23-19(8)35-26(24(23)33-9)30-15-28-22-20(32)13-21(29-25(22)30)27-14-16(2)3/h1,15-19,23-24,26H,11-14H2,2-9H3,(H,27,29)/i8D. The van der Waals surface area contributed by atoms with Gasteiger partial charge in [0.25, 0.3) is 8.53 Å². The number of aromatic nitrogens is 2. The van der Waals surface area contributed by atoms with Gasteiger partial charge in [-0.3, -0.25) is 14.4 Å². The molecule has 1 fully saturated rings. The van der Waals surface area contributed by atoms with E-state index in [-0.39, 0.29) is 31.2 Å². The van der Waals surface area contributed by atoms with Crippen LogP contribution in [0.2, 0.25) is 0 Å². The van der Waals surface area contributed by atoms with Gasteiger partial charge in [0.05, 0.1) is 25.5 Å². The van der Waals surface area contributed by atoms with Gasteiger partial charge in [0.2, 0.25) is 0 Å². The SMILES string of the molecule is [2H]CC1OC(n2cnc3c2NC(=NCC(C)C)CC3=O)C(OC)C1OP(OCCC#C)N(C(C)C)C(C)C. The van der Waals surface area contributed by atoms with Crippen LogP contribution in [0.25, 0.3) is 0 Å². The number of ketones is 1. The van der Waals surface area contributed by atoms with Gasteiger partial charge in [-0.1, -0.05) is 13.8 Å². The molecule has 2 aliphatic rings. The summed E-state index contributed by atoms with van der Waals surface area (Å²) < 4.78 is 37.2. The monoisotopic (exact) mass is 536 g/mol. The molecule has 1 aromatic heterocycles. The number of Topliss-reactive ketones (excluding diaryl/α,β-unsaturated/α-hetero) is 1. The summed E-state index contributed by atoms with van der Waals surface area (Å²) >= 11 is 0. The van der Waals surface area contributed by atoms with E-state index in [9.17, 15) is 4.79 Å². The first-order valence-electron chi connectivity index (χ1n) is 13.5. The molecule has 1 aromatic rings. The van der Waals surface area contributed by atoms with Crippen LogP contribution in [0, 0.1) is 18.3 Å². The topological polar surface area (TPSA) is 99.4 Å². The Morgan fingerprint density at radius 3 is 2.68 bits per heavy atom. The number of nitrogens with zero attached hydrogens (tertiary/aromatic N) is 4. The predicted molar refractivity (Wildman–Crippen MR) is 146 cm³/mol. The van der Waals surface area contributed by atoms with Crippen LogP contribution < -0.4 is 5.32 Å². The van der Waals surface area contributed by atoms with Crippen LogP contribution in [-0.2, 0) is 18.5 Å². The van der Waals surface area contributed by atoms with Crippen molar-refractivity contribution in [1.82, 2.24) is 14.2 Å². The van der Waals surface area contributed by atoms with Crippen molar-refractivity contribution in [3.8, 4) is 12.3 Å². The number of amidine groups is 1. The normalized spacial score (nSPS) is 26.2. The summed E-state index contributed by atoms with van der Waals surface area (Å²) in [7, 11) is 0.0674. The lowest BCUT2D eigenvalue weighted by atomic mass is 10.1. The highest BCUT2D eigenvalue weighted by Gasteiger charge is 2.48. The van der Waals surface area contributed by atoms with Crippen molar-refractivity contribution in [1.29, 1.82) is 0 Å². The second-order valence-electron chi connectivity index (χ2n) is 10.2. The molecule has 11 heteroatoms. The Morgan fingerprint density at radius 1 is 1.35 bits per heavy atom. The number of terminal acetylenes is 1. The van der Waals surface area contributed by atoms with Gasteiger partial charge in [0.15, 0.2) is 12.0 Å². The summed E-state index contributed by atoms with van der Waals surface area (Å²) in [6, 6.07) is 0.305. The molecule has 5 unspecified atom stereocenters. The van der Waals surface area contributed by atoms with E-state index in [2.05, 4.69) is 67.4 Å². The first kappa shape index (κ1) is 28.2. The van der Waals surface area contributed by atoms with Crippen LogP contribution in [0.3, 0.4) is 0 Å². The fourth-order valence-electron chi connectivity index (χ4n) is 4.41. The zero-order chi connectivity index (χ0) is 28.0. The average molecular weight is 537 g/mol. The molecule has 1 saturated heterocycles. The van der Waals surface area contributed by atoms with E-state index >= 15 is 0 Å². The maximum absolute atomic E-state index is 12.8. The average Bonchev–Trinajstić information content (AvgIpc) is 3.43. The molecule has 0 amide bonds. The first-order chi connectivity index (χ1) is 18.1. The van der Waals surface area contributed by atoms with Crippen molar-refractivity contribution in [2.75, 3.05) is 25.6 Å². The Hall–Kier alpha value is -1.86. The lowest BCUT2D eigenvalue weighted by Crippen LogP contribution is -2.39. The Balaban J connectivity index is 1.91. The summed E-state index contributed by atoms with van der Waals surface area (Å²) in [5, 5.41) is 3.28. The van der Waals surface area contributed by atoms with E-state index < -0.39 is 33.1 Å². The molecule has 0 bridgehead atoms. The number of carbonyl (C=O) groups is 1. The minimum absolute atomic E-state index is 0.0394. The van der Waals surface area contributed by atoms with Crippen molar-refractivity contribution in [3.05, 3.63) is 12.0 Å². The molecule has 0 radical (unpaired) electrons. The van der Waals surface area contributed by atoms with Crippen molar-refractivity contribution in [2.24, 2.45) is 10.9 Å². The van der Waals surface area contributed by atoms with Gasteiger partial charge in [-0.25, -0.2) is 9.65 Å². The van der Waals surface area contributed by atoms with E-state index in [1.165, 1.54) is 0 Å². The quantitative estimate of drug-likeness (QED) is 0.234.